The predicted octanol–water partition coefficient (Wildman–Crippen LogP) is 0.196. The van der Waals surface area contributed by atoms with Crippen molar-refractivity contribution in [3.05, 3.63) is 0 Å². The number of ether oxygens (including phenoxy) is 1. The first-order chi connectivity index (χ1) is 7.38. The van der Waals surface area contributed by atoms with E-state index < -0.39 is 11.6 Å². The maximum Gasteiger partial charge on any atom is 0.325 e. The Morgan fingerprint density at radius 2 is 2.12 bits per heavy atom. The predicted molar refractivity (Wildman–Crippen MR) is 59.9 cm³/mol. The van der Waals surface area contributed by atoms with Crippen molar-refractivity contribution >= 4 is 11.9 Å². The molecule has 0 aliphatic carbocycles. The van der Waals surface area contributed by atoms with Crippen molar-refractivity contribution in [3.63, 3.8) is 0 Å². The van der Waals surface area contributed by atoms with Gasteiger partial charge in [-0.25, -0.2) is 0 Å². The molecule has 2 N–H and O–H groups in total. The van der Waals surface area contributed by atoms with Gasteiger partial charge in [0.05, 0.1) is 6.04 Å². The molecule has 0 aromatic carbocycles. The van der Waals surface area contributed by atoms with Gasteiger partial charge in [0.25, 0.3) is 0 Å². The molecule has 1 fully saturated rings. The van der Waals surface area contributed by atoms with Gasteiger partial charge in [0.2, 0.25) is 5.91 Å². The summed E-state index contributed by atoms with van der Waals surface area (Å²) >= 11 is 0. The van der Waals surface area contributed by atoms with E-state index >= 15 is 0 Å². The Morgan fingerprint density at radius 1 is 1.44 bits per heavy atom. The van der Waals surface area contributed by atoms with Crippen LogP contribution in [0.25, 0.3) is 0 Å². The highest BCUT2D eigenvalue weighted by Gasteiger charge is 2.23. The third-order valence-corrected chi connectivity index (χ3v) is 2.20. The van der Waals surface area contributed by atoms with Gasteiger partial charge in [0.15, 0.2) is 0 Å². The van der Waals surface area contributed by atoms with Gasteiger partial charge < -0.3 is 15.4 Å². The van der Waals surface area contributed by atoms with Crippen LogP contribution in [0, 0.1) is 0 Å². The summed E-state index contributed by atoms with van der Waals surface area (Å²) in [6, 6.07) is -0.151. The maximum atomic E-state index is 11.5. The minimum atomic E-state index is -0.507. The van der Waals surface area contributed by atoms with Gasteiger partial charge >= 0.3 is 5.97 Å². The normalized spacial score (nSPS) is 20.6. The van der Waals surface area contributed by atoms with Crippen LogP contribution in [0.15, 0.2) is 0 Å². The molecule has 0 spiro atoms. The Kier molecular flexibility index (Phi) is 4.29. The second-order valence-electron chi connectivity index (χ2n) is 4.95. The van der Waals surface area contributed by atoms with Crippen molar-refractivity contribution in [2.24, 2.45) is 0 Å². The van der Waals surface area contributed by atoms with Gasteiger partial charge in [-0.2, -0.15) is 0 Å². The van der Waals surface area contributed by atoms with E-state index in [9.17, 15) is 9.59 Å². The minimum absolute atomic E-state index is 0.0612. The zero-order valence-electron chi connectivity index (χ0n) is 10.1. The standard InChI is InChI=1S/C11H20N2O3/c1-11(2,3)16-9(14)7-13-10(15)8-5-4-6-12-8/h8,12H,4-7H2,1-3H3,(H,13,15). The van der Waals surface area contributed by atoms with Crippen LogP contribution >= 0.6 is 0 Å². The van der Waals surface area contributed by atoms with Gasteiger partial charge in [0, 0.05) is 0 Å². The molecule has 0 saturated carbocycles. The molecule has 0 aromatic rings. The minimum Gasteiger partial charge on any atom is -0.459 e. The van der Waals surface area contributed by atoms with E-state index in [1.807, 2.05) is 0 Å². The van der Waals surface area contributed by atoms with Gasteiger partial charge in [-0.15, -0.1) is 0 Å². The smallest absolute Gasteiger partial charge is 0.325 e. The quantitative estimate of drug-likeness (QED) is 0.677. The summed E-state index contributed by atoms with van der Waals surface area (Å²) in [4.78, 5) is 22.9. The lowest BCUT2D eigenvalue weighted by Gasteiger charge is -2.20. The first-order valence-corrected chi connectivity index (χ1v) is 5.61. The second-order valence-corrected chi connectivity index (χ2v) is 4.95. The SMILES string of the molecule is CC(C)(C)OC(=O)CNC(=O)C1CCCN1. The number of carbonyl (C=O) groups is 2. The van der Waals surface area contributed by atoms with Crippen molar-refractivity contribution < 1.29 is 14.3 Å². The Labute approximate surface area is 95.9 Å². The molecule has 1 amide bonds. The molecule has 1 saturated heterocycles. The van der Waals surface area contributed by atoms with E-state index in [4.69, 9.17) is 4.74 Å². The van der Waals surface area contributed by atoms with Gasteiger partial charge in [0.1, 0.15) is 12.1 Å². The zero-order chi connectivity index (χ0) is 12.2. The van der Waals surface area contributed by atoms with Gasteiger partial charge in [-0.1, -0.05) is 0 Å². The van der Waals surface area contributed by atoms with Crippen molar-refractivity contribution in [2.45, 2.75) is 45.3 Å². The maximum absolute atomic E-state index is 11.5. The third-order valence-electron chi connectivity index (χ3n) is 2.20. The summed E-state index contributed by atoms with van der Waals surface area (Å²) in [6.07, 6.45) is 1.84. The summed E-state index contributed by atoms with van der Waals surface area (Å²) in [5.74, 6) is -0.526. The molecule has 1 heterocycles. The summed E-state index contributed by atoms with van der Waals surface area (Å²) in [5.41, 5.74) is -0.507. The molecule has 1 aliphatic rings. The lowest BCUT2D eigenvalue weighted by Crippen LogP contribution is -2.43. The molecule has 16 heavy (non-hydrogen) atoms. The van der Waals surface area contributed by atoms with Crippen LogP contribution in [0.4, 0.5) is 0 Å². The molecule has 92 valence electrons. The van der Waals surface area contributed by atoms with Crippen molar-refractivity contribution in [1.82, 2.24) is 10.6 Å². The molecule has 1 unspecified atom stereocenters. The highest BCUT2D eigenvalue weighted by atomic mass is 16.6. The lowest BCUT2D eigenvalue weighted by molar-refractivity contribution is -0.154. The van der Waals surface area contributed by atoms with Gasteiger partial charge in [-0.3, -0.25) is 9.59 Å². The van der Waals surface area contributed by atoms with E-state index in [0.717, 1.165) is 19.4 Å². The number of rotatable bonds is 3. The van der Waals surface area contributed by atoms with Crippen LogP contribution in [-0.4, -0.2) is 36.6 Å². The number of hydrogen-bond donors (Lipinski definition) is 2. The van der Waals surface area contributed by atoms with Crippen LogP contribution in [0.3, 0.4) is 0 Å². The number of nitrogens with one attached hydrogen (secondary N) is 2. The van der Waals surface area contributed by atoms with E-state index in [0.29, 0.717) is 0 Å². The molecular formula is C11H20N2O3. The van der Waals surface area contributed by atoms with Crippen LogP contribution in [-0.2, 0) is 14.3 Å². The monoisotopic (exact) mass is 228 g/mol. The Morgan fingerprint density at radius 3 is 2.62 bits per heavy atom. The fourth-order valence-corrected chi connectivity index (χ4v) is 1.57. The average Bonchev–Trinajstić information content (AvgIpc) is 2.64. The zero-order valence-corrected chi connectivity index (χ0v) is 10.1. The first kappa shape index (κ1) is 13.0. The second kappa shape index (κ2) is 5.30. The summed E-state index contributed by atoms with van der Waals surface area (Å²) in [6.45, 7) is 6.19. The topological polar surface area (TPSA) is 67.4 Å². The summed E-state index contributed by atoms with van der Waals surface area (Å²) in [7, 11) is 0. The molecule has 1 aliphatic heterocycles. The third kappa shape index (κ3) is 4.61. The Bertz CT molecular complexity index is 265. The highest BCUT2D eigenvalue weighted by Crippen LogP contribution is 2.07. The number of esters is 1. The average molecular weight is 228 g/mol. The molecule has 0 bridgehead atoms. The first-order valence-electron chi connectivity index (χ1n) is 5.61. The van der Waals surface area contributed by atoms with Crippen molar-refractivity contribution in [3.8, 4) is 0 Å². The van der Waals surface area contributed by atoms with E-state index in [2.05, 4.69) is 10.6 Å². The molecular weight excluding hydrogens is 208 g/mol. The fourth-order valence-electron chi connectivity index (χ4n) is 1.57. The van der Waals surface area contributed by atoms with Crippen molar-refractivity contribution in [1.29, 1.82) is 0 Å². The van der Waals surface area contributed by atoms with E-state index in [1.165, 1.54) is 0 Å². The van der Waals surface area contributed by atoms with Crippen molar-refractivity contribution in [2.75, 3.05) is 13.1 Å². The molecule has 1 atom stereocenters. The van der Waals surface area contributed by atoms with E-state index in [1.54, 1.807) is 20.8 Å². The highest BCUT2D eigenvalue weighted by molar-refractivity contribution is 5.85. The molecule has 0 radical (unpaired) electrons. The lowest BCUT2D eigenvalue weighted by atomic mass is 10.2. The molecule has 1 rings (SSSR count). The van der Waals surface area contributed by atoms with Gasteiger partial charge in [-0.05, 0) is 40.2 Å². The van der Waals surface area contributed by atoms with Crippen LogP contribution in [0.1, 0.15) is 33.6 Å². The van der Waals surface area contributed by atoms with Crippen LogP contribution in [0.5, 0.6) is 0 Å². The van der Waals surface area contributed by atoms with Crippen LogP contribution in [0.2, 0.25) is 0 Å². The number of amides is 1. The fraction of sp³-hybridized carbons (Fsp3) is 0.818. The number of hydrogen-bond acceptors (Lipinski definition) is 4. The van der Waals surface area contributed by atoms with Crippen LogP contribution < -0.4 is 10.6 Å². The largest absolute Gasteiger partial charge is 0.459 e. The Hall–Kier alpha value is -1.10. The molecule has 5 nitrogen and oxygen atoms in total. The molecule has 0 aromatic heterocycles. The summed E-state index contributed by atoms with van der Waals surface area (Å²) < 4.78 is 5.08. The summed E-state index contributed by atoms with van der Waals surface area (Å²) in [5, 5.41) is 5.64. The van der Waals surface area contributed by atoms with E-state index in [-0.39, 0.29) is 18.5 Å². The Balaban J connectivity index is 2.23. The number of carbonyl (C=O) groups excluding carboxylic acids is 2. The molecule has 5 heteroatoms.